The molecule has 3 aromatic heterocycles. The van der Waals surface area contributed by atoms with Crippen LogP contribution in [0.25, 0.3) is 5.65 Å². The predicted octanol–water partition coefficient (Wildman–Crippen LogP) is 2.00. The van der Waals surface area contributed by atoms with E-state index in [4.69, 9.17) is 9.15 Å². The minimum absolute atomic E-state index is 0.0167. The van der Waals surface area contributed by atoms with E-state index in [1.165, 1.54) is 0 Å². The Morgan fingerprint density at radius 2 is 2.14 bits per heavy atom. The third kappa shape index (κ3) is 2.37. The molecule has 0 saturated heterocycles. The predicted molar refractivity (Wildman–Crippen MR) is 72.8 cm³/mol. The second kappa shape index (κ2) is 5.01. The second-order valence-corrected chi connectivity index (χ2v) is 4.67. The monoisotopic (exact) mass is 286 g/mol. The van der Waals surface area contributed by atoms with E-state index in [1.807, 2.05) is 13.8 Å². The van der Waals surface area contributed by atoms with E-state index >= 15 is 0 Å². The molecule has 0 unspecified atom stereocenters. The number of nitrogens with zero attached hydrogens (tertiary/aromatic N) is 4. The van der Waals surface area contributed by atoms with Crippen LogP contribution in [0.15, 0.2) is 22.9 Å². The Bertz CT molecular complexity index is 799. The van der Waals surface area contributed by atoms with Gasteiger partial charge in [0.05, 0.1) is 11.4 Å². The summed E-state index contributed by atoms with van der Waals surface area (Å²) in [6.45, 7) is 5.37. The van der Waals surface area contributed by atoms with Gasteiger partial charge in [0.15, 0.2) is 12.3 Å². The van der Waals surface area contributed by atoms with Gasteiger partial charge in [0.1, 0.15) is 11.3 Å². The Morgan fingerprint density at radius 3 is 2.86 bits per heavy atom. The van der Waals surface area contributed by atoms with Gasteiger partial charge in [-0.3, -0.25) is 0 Å². The van der Waals surface area contributed by atoms with Crippen molar-refractivity contribution in [3.8, 4) is 0 Å². The maximum Gasteiger partial charge on any atom is 0.344 e. The SMILES string of the molecule is Cc1nc(COC(=O)c2c(C)nn3cccnc23)oc1C. The average Bonchev–Trinajstić information content (AvgIpc) is 2.95. The lowest BCUT2D eigenvalue weighted by atomic mass is 10.2. The highest BCUT2D eigenvalue weighted by molar-refractivity contribution is 5.97. The molecule has 0 aromatic carbocycles. The normalized spacial score (nSPS) is 11.0. The van der Waals surface area contributed by atoms with Crippen molar-refractivity contribution >= 4 is 11.6 Å². The summed E-state index contributed by atoms with van der Waals surface area (Å²) in [5.41, 5.74) is 2.18. The topological polar surface area (TPSA) is 82.5 Å². The van der Waals surface area contributed by atoms with Crippen LogP contribution in [0.5, 0.6) is 0 Å². The van der Waals surface area contributed by atoms with Crippen LogP contribution < -0.4 is 0 Å². The number of carbonyl (C=O) groups is 1. The fraction of sp³-hybridized carbons (Fsp3) is 0.286. The summed E-state index contributed by atoms with van der Waals surface area (Å²) in [6, 6.07) is 1.74. The third-order valence-corrected chi connectivity index (χ3v) is 3.17. The molecule has 0 radical (unpaired) electrons. The van der Waals surface area contributed by atoms with Crippen molar-refractivity contribution in [3.63, 3.8) is 0 Å². The van der Waals surface area contributed by atoms with Crippen LogP contribution in [0, 0.1) is 20.8 Å². The van der Waals surface area contributed by atoms with Gasteiger partial charge in [-0.1, -0.05) is 0 Å². The highest BCUT2D eigenvalue weighted by atomic mass is 16.5. The highest BCUT2D eigenvalue weighted by Crippen LogP contribution is 2.15. The lowest BCUT2D eigenvalue weighted by molar-refractivity contribution is 0.0438. The molecule has 0 bridgehead atoms. The summed E-state index contributed by atoms with van der Waals surface area (Å²) in [4.78, 5) is 20.5. The molecule has 0 saturated carbocycles. The van der Waals surface area contributed by atoms with Gasteiger partial charge in [0.25, 0.3) is 0 Å². The number of ether oxygens (including phenoxy) is 1. The number of esters is 1. The van der Waals surface area contributed by atoms with Crippen LogP contribution in [0.3, 0.4) is 0 Å². The van der Waals surface area contributed by atoms with E-state index in [0.29, 0.717) is 22.8 Å². The van der Waals surface area contributed by atoms with E-state index in [-0.39, 0.29) is 6.61 Å². The zero-order chi connectivity index (χ0) is 15.0. The van der Waals surface area contributed by atoms with Crippen LogP contribution in [-0.4, -0.2) is 25.6 Å². The van der Waals surface area contributed by atoms with E-state index in [1.54, 1.807) is 29.9 Å². The van der Waals surface area contributed by atoms with Crippen molar-refractivity contribution in [2.24, 2.45) is 0 Å². The lowest BCUT2D eigenvalue weighted by Crippen LogP contribution is -2.07. The maximum absolute atomic E-state index is 12.2. The number of rotatable bonds is 3. The Morgan fingerprint density at radius 1 is 1.33 bits per heavy atom. The summed E-state index contributed by atoms with van der Waals surface area (Å²) in [5.74, 6) is 0.602. The number of hydrogen-bond donors (Lipinski definition) is 0. The Labute approximate surface area is 120 Å². The van der Waals surface area contributed by atoms with Crippen LogP contribution in [-0.2, 0) is 11.3 Å². The van der Waals surface area contributed by atoms with Gasteiger partial charge in [0.2, 0.25) is 5.89 Å². The molecule has 108 valence electrons. The molecule has 0 amide bonds. The fourth-order valence-corrected chi connectivity index (χ4v) is 2.04. The van der Waals surface area contributed by atoms with Crippen LogP contribution in [0.4, 0.5) is 0 Å². The molecule has 3 aromatic rings. The molecule has 0 aliphatic rings. The van der Waals surface area contributed by atoms with Crippen LogP contribution in [0.1, 0.15) is 33.4 Å². The average molecular weight is 286 g/mol. The van der Waals surface area contributed by atoms with Gasteiger partial charge in [0, 0.05) is 12.4 Å². The van der Waals surface area contributed by atoms with Crippen LogP contribution >= 0.6 is 0 Å². The van der Waals surface area contributed by atoms with Crippen LogP contribution in [0.2, 0.25) is 0 Å². The van der Waals surface area contributed by atoms with Gasteiger partial charge in [-0.05, 0) is 26.8 Å². The molecule has 21 heavy (non-hydrogen) atoms. The molecule has 3 rings (SSSR count). The molecule has 0 fully saturated rings. The Hall–Kier alpha value is -2.70. The summed E-state index contributed by atoms with van der Waals surface area (Å²) in [5, 5.41) is 4.22. The van der Waals surface area contributed by atoms with E-state index < -0.39 is 5.97 Å². The number of aromatic nitrogens is 4. The molecular weight excluding hydrogens is 272 g/mol. The Balaban J connectivity index is 1.82. The number of oxazole rings is 1. The van der Waals surface area contributed by atoms with Gasteiger partial charge in [-0.2, -0.15) is 5.10 Å². The van der Waals surface area contributed by atoms with Gasteiger partial charge < -0.3 is 9.15 Å². The summed E-state index contributed by atoms with van der Waals surface area (Å²) < 4.78 is 12.2. The van der Waals surface area contributed by atoms with Gasteiger partial charge >= 0.3 is 5.97 Å². The van der Waals surface area contributed by atoms with E-state index in [2.05, 4.69) is 15.1 Å². The largest absolute Gasteiger partial charge is 0.452 e. The third-order valence-electron chi connectivity index (χ3n) is 3.17. The highest BCUT2D eigenvalue weighted by Gasteiger charge is 2.20. The summed E-state index contributed by atoms with van der Waals surface area (Å²) in [6.07, 6.45) is 3.33. The molecule has 0 spiro atoms. The Kier molecular flexibility index (Phi) is 3.17. The number of aryl methyl sites for hydroxylation is 3. The van der Waals surface area contributed by atoms with E-state index in [9.17, 15) is 4.79 Å². The van der Waals surface area contributed by atoms with Gasteiger partial charge in [-0.25, -0.2) is 19.3 Å². The van der Waals surface area contributed by atoms with Crippen molar-refractivity contribution in [1.82, 2.24) is 19.6 Å². The molecule has 3 heterocycles. The van der Waals surface area contributed by atoms with Crippen molar-refractivity contribution in [3.05, 3.63) is 47.1 Å². The van der Waals surface area contributed by atoms with Crippen molar-refractivity contribution in [2.45, 2.75) is 27.4 Å². The first kappa shape index (κ1) is 13.3. The molecule has 7 heteroatoms. The van der Waals surface area contributed by atoms with Crippen molar-refractivity contribution < 1.29 is 13.9 Å². The number of carbonyl (C=O) groups excluding carboxylic acids is 1. The number of hydrogen-bond acceptors (Lipinski definition) is 6. The quantitative estimate of drug-likeness (QED) is 0.685. The molecule has 0 atom stereocenters. The maximum atomic E-state index is 12.2. The first-order valence-electron chi connectivity index (χ1n) is 6.46. The van der Waals surface area contributed by atoms with Gasteiger partial charge in [-0.15, -0.1) is 0 Å². The second-order valence-electron chi connectivity index (χ2n) is 4.67. The lowest BCUT2D eigenvalue weighted by Gasteiger charge is -2.01. The first-order valence-corrected chi connectivity index (χ1v) is 6.46. The minimum atomic E-state index is -0.491. The van der Waals surface area contributed by atoms with E-state index in [0.717, 1.165) is 11.5 Å². The zero-order valence-electron chi connectivity index (χ0n) is 12.0. The summed E-state index contributed by atoms with van der Waals surface area (Å²) in [7, 11) is 0. The standard InChI is InChI=1S/C14H14N4O3/c1-8-10(3)21-11(16-8)7-20-14(19)12-9(2)17-18-6-4-5-15-13(12)18/h4-6H,7H2,1-3H3. The minimum Gasteiger partial charge on any atom is -0.452 e. The number of fused-ring (bicyclic) bond motifs is 1. The first-order chi connectivity index (χ1) is 10.1. The zero-order valence-corrected chi connectivity index (χ0v) is 12.0. The molecule has 0 aliphatic heterocycles. The molecule has 0 N–H and O–H groups in total. The smallest absolute Gasteiger partial charge is 0.344 e. The molecular formula is C14H14N4O3. The fourth-order valence-electron chi connectivity index (χ4n) is 2.04. The molecule has 0 aliphatic carbocycles. The molecule has 7 nitrogen and oxygen atoms in total. The van der Waals surface area contributed by atoms with Crippen molar-refractivity contribution in [2.75, 3.05) is 0 Å². The van der Waals surface area contributed by atoms with Crippen molar-refractivity contribution in [1.29, 1.82) is 0 Å². The summed E-state index contributed by atoms with van der Waals surface area (Å²) >= 11 is 0.